The van der Waals surface area contributed by atoms with E-state index in [0.29, 0.717) is 16.7 Å². The minimum atomic E-state index is 0.0948. The molecular formula is C8H9Cl2N3. The Morgan fingerprint density at radius 1 is 1.31 bits per heavy atom. The molecule has 0 aliphatic heterocycles. The molecule has 3 nitrogen and oxygen atoms in total. The molecule has 1 aromatic rings. The van der Waals surface area contributed by atoms with Crippen LogP contribution in [-0.2, 0) is 6.42 Å². The number of nitrogens with two attached hydrogens (primary N) is 1. The van der Waals surface area contributed by atoms with Crippen LogP contribution in [0.25, 0.3) is 0 Å². The van der Waals surface area contributed by atoms with Gasteiger partial charge in [-0.25, -0.2) is 9.97 Å². The first-order valence-electron chi connectivity index (χ1n) is 3.73. The number of allylic oxidation sites excluding steroid dienone is 1. The van der Waals surface area contributed by atoms with Crippen LogP contribution in [0, 0.1) is 0 Å². The Morgan fingerprint density at radius 2 is 1.85 bits per heavy atom. The van der Waals surface area contributed by atoms with Crippen LogP contribution in [0.3, 0.4) is 0 Å². The van der Waals surface area contributed by atoms with Gasteiger partial charge in [-0.05, 0) is 12.8 Å². The molecule has 0 aliphatic rings. The molecule has 0 aromatic carbocycles. The molecule has 70 valence electrons. The molecular weight excluding hydrogens is 209 g/mol. The predicted octanol–water partition coefficient (Wildman–Crippen LogP) is 2.48. The van der Waals surface area contributed by atoms with Crippen molar-refractivity contribution in [2.75, 3.05) is 5.73 Å². The monoisotopic (exact) mass is 217 g/mol. The van der Waals surface area contributed by atoms with Crippen molar-refractivity contribution in [2.24, 2.45) is 0 Å². The molecule has 0 spiro atoms. The SMILES string of the molecule is C=CCCc1c(Cl)nc(N)nc1Cl. The van der Waals surface area contributed by atoms with Gasteiger partial charge in [-0.2, -0.15) is 0 Å². The Morgan fingerprint density at radius 3 is 2.31 bits per heavy atom. The Hall–Kier alpha value is -0.800. The van der Waals surface area contributed by atoms with Crippen LogP contribution < -0.4 is 5.73 Å². The van der Waals surface area contributed by atoms with Gasteiger partial charge in [-0.1, -0.05) is 29.3 Å². The van der Waals surface area contributed by atoms with Crippen molar-refractivity contribution >= 4 is 29.2 Å². The third kappa shape index (κ3) is 2.57. The topological polar surface area (TPSA) is 51.8 Å². The van der Waals surface area contributed by atoms with E-state index >= 15 is 0 Å². The van der Waals surface area contributed by atoms with Crippen LogP contribution in [0.1, 0.15) is 12.0 Å². The molecule has 1 rings (SSSR count). The lowest BCUT2D eigenvalue weighted by Gasteiger charge is -2.04. The van der Waals surface area contributed by atoms with E-state index in [4.69, 9.17) is 28.9 Å². The second-order valence-corrected chi connectivity index (χ2v) is 3.19. The van der Waals surface area contributed by atoms with Gasteiger partial charge in [0, 0.05) is 5.56 Å². The number of hydrogen-bond acceptors (Lipinski definition) is 3. The fraction of sp³-hybridized carbons (Fsp3) is 0.250. The molecule has 0 bridgehead atoms. The summed E-state index contributed by atoms with van der Waals surface area (Å²) in [5.41, 5.74) is 6.07. The molecule has 0 fully saturated rings. The Bertz CT molecular complexity index is 302. The van der Waals surface area contributed by atoms with Crippen molar-refractivity contribution in [3.05, 3.63) is 28.5 Å². The first-order valence-corrected chi connectivity index (χ1v) is 4.49. The first kappa shape index (κ1) is 10.3. The third-order valence-electron chi connectivity index (χ3n) is 1.52. The van der Waals surface area contributed by atoms with Crippen LogP contribution in [-0.4, -0.2) is 9.97 Å². The largest absolute Gasteiger partial charge is 0.368 e. The number of nitrogen functional groups attached to an aromatic ring is 1. The summed E-state index contributed by atoms with van der Waals surface area (Å²) < 4.78 is 0. The highest BCUT2D eigenvalue weighted by atomic mass is 35.5. The minimum absolute atomic E-state index is 0.0948. The van der Waals surface area contributed by atoms with Gasteiger partial charge in [0.2, 0.25) is 5.95 Å². The van der Waals surface area contributed by atoms with Crippen LogP contribution >= 0.6 is 23.2 Å². The van der Waals surface area contributed by atoms with Crippen molar-refractivity contribution in [3.63, 3.8) is 0 Å². The number of hydrogen-bond donors (Lipinski definition) is 1. The summed E-state index contributed by atoms with van der Waals surface area (Å²) in [6.45, 7) is 3.60. The molecule has 5 heteroatoms. The third-order valence-corrected chi connectivity index (χ3v) is 2.15. The van der Waals surface area contributed by atoms with Gasteiger partial charge in [0.25, 0.3) is 0 Å². The lowest BCUT2D eigenvalue weighted by Crippen LogP contribution is -2.00. The summed E-state index contributed by atoms with van der Waals surface area (Å²) in [5.74, 6) is 0.0948. The Balaban J connectivity index is 2.98. The lowest BCUT2D eigenvalue weighted by molar-refractivity contribution is 0.970. The summed E-state index contributed by atoms with van der Waals surface area (Å²) >= 11 is 11.6. The maximum atomic E-state index is 5.82. The van der Waals surface area contributed by atoms with Gasteiger partial charge >= 0.3 is 0 Å². The number of rotatable bonds is 3. The fourth-order valence-corrected chi connectivity index (χ4v) is 1.49. The normalized spacial score (nSPS) is 10.0. The van der Waals surface area contributed by atoms with Gasteiger partial charge in [-0.15, -0.1) is 6.58 Å². The molecule has 0 saturated heterocycles. The zero-order chi connectivity index (χ0) is 9.84. The standard InChI is InChI=1S/C8H9Cl2N3/c1-2-3-4-5-6(9)12-8(11)13-7(5)10/h2H,1,3-4H2,(H2,11,12,13). The highest BCUT2D eigenvalue weighted by Crippen LogP contribution is 2.23. The second kappa shape index (κ2) is 4.44. The van der Waals surface area contributed by atoms with Crippen LogP contribution in [0.15, 0.2) is 12.7 Å². The molecule has 0 amide bonds. The highest BCUT2D eigenvalue weighted by molar-refractivity contribution is 6.34. The number of nitrogens with zero attached hydrogens (tertiary/aromatic N) is 2. The van der Waals surface area contributed by atoms with Crippen LogP contribution in [0.2, 0.25) is 10.3 Å². The zero-order valence-electron chi connectivity index (χ0n) is 6.93. The van der Waals surface area contributed by atoms with E-state index in [2.05, 4.69) is 16.5 Å². The molecule has 0 atom stereocenters. The van der Waals surface area contributed by atoms with E-state index < -0.39 is 0 Å². The van der Waals surface area contributed by atoms with Crippen molar-refractivity contribution in [2.45, 2.75) is 12.8 Å². The van der Waals surface area contributed by atoms with Gasteiger partial charge in [0.05, 0.1) is 0 Å². The van der Waals surface area contributed by atoms with E-state index in [-0.39, 0.29) is 5.95 Å². The summed E-state index contributed by atoms with van der Waals surface area (Å²) in [4.78, 5) is 7.60. The molecule has 2 N–H and O–H groups in total. The predicted molar refractivity (Wildman–Crippen MR) is 55.0 cm³/mol. The van der Waals surface area contributed by atoms with E-state index in [0.717, 1.165) is 12.0 Å². The molecule has 0 saturated carbocycles. The maximum Gasteiger partial charge on any atom is 0.222 e. The second-order valence-electron chi connectivity index (χ2n) is 2.47. The number of aromatic nitrogens is 2. The van der Waals surface area contributed by atoms with Crippen molar-refractivity contribution in [1.82, 2.24) is 9.97 Å². The average molecular weight is 218 g/mol. The van der Waals surface area contributed by atoms with Crippen molar-refractivity contribution in [3.8, 4) is 0 Å². The smallest absolute Gasteiger partial charge is 0.222 e. The van der Waals surface area contributed by atoms with Gasteiger partial charge in [0.15, 0.2) is 0 Å². The van der Waals surface area contributed by atoms with E-state index in [9.17, 15) is 0 Å². The molecule has 1 heterocycles. The fourth-order valence-electron chi connectivity index (χ4n) is 0.899. The van der Waals surface area contributed by atoms with Crippen LogP contribution in [0.4, 0.5) is 5.95 Å². The van der Waals surface area contributed by atoms with Crippen molar-refractivity contribution in [1.29, 1.82) is 0 Å². The van der Waals surface area contributed by atoms with Gasteiger partial charge < -0.3 is 5.73 Å². The molecule has 0 aliphatic carbocycles. The quantitative estimate of drug-likeness (QED) is 0.626. The molecule has 1 aromatic heterocycles. The number of halogens is 2. The summed E-state index contributed by atoms with van der Waals surface area (Å²) in [6.07, 6.45) is 3.25. The maximum absolute atomic E-state index is 5.82. The van der Waals surface area contributed by atoms with E-state index in [1.807, 2.05) is 0 Å². The van der Waals surface area contributed by atoms with E-state index in [1.54, 1.807) is 6.08 Å². The Kier molecular flexibility index (Phi) is 3.51. The average Bonchev–Trinajstić information content (AvgIpc) is 2.02. The van der Waals surface area contributed by atoms with Crippen LogP contribution in [0.5, 0.6) is 0 Å². The lowest BCUT2D eigenvalue weighted by atomic mass is 10.2. The Labute approximate surface area is 86.6 Å². The van der Waals surface area contributed by atoms with Crippen molar-refractivity contribution < 1.29 is 0 Å². The summed E-state index contributed by atoms with van der Waals surface area (Å²) in [6, 6.07) is 0. The van der Waals surface area contributed by atoms with Gasteiger partial charge in [-0.3, -0.25) is 0 Å². The summed E-state index contributed by atoms with van der Waals surface area (Å²) in [5, 5.41) is 0.638. The molecule has 13 heavy (non-hydrogen) atoms. The minimum Gasteiger partial charge on any atom is -0.368 e. The summed E-state index contributed by atoms with van der Waals surface area (Å²) in [7, 11) is 0. The number of anilines is 1. The zero-order valence-corrected chi connectivity index (χ0v) is 8.44. The van der Waals surface area contributed by atoms with Gasteiger partial charge in [0.1, 0.15) is 10.3 Å². The van der Waals surface area contributed by atoms with E-state index in [1.165, 1.54) is 0 Å². The molecule has 0 unspecified atom stereocenters. The highest BCUT2D eigenvalue weighted by Gasteiger charge is 2.08. The molecule has 0 radical (unpaired) electrons. The first-order chi connectivity index (χ1) is 6.15.